The highest BCUT2D eigenvalue weighted by atomic mass is 32.2. The molecule has 0 unspecified atom stereocenters. The zero-order valence-corrected chi connectivity index (χ0v) is 16.7. The molecule has 1 aliphatic carbocycles. The number of hydrogen-bond acceptors (Lipinski definition) is 5. The monoisotopic (exact) mass is 411 g/mol. The molecule has 2 aromatic rings. The lowest BCUT2D eigenvalue weighted by molar-refractivity contribution is 0.144. The average molecular weight is 412 g/mol. The van der Waals surface area contributed by atoms with Crippen LogP contribution in [0.2, 0.25) is 0 Å². The fourth-order valence-corrected chi connectivity index (χ4v) is 5.33. The fraction of sp³-hybridized carbons (Fsp3) is 0.529. The molecule has 0 bridgehead atoms. The van der Waals surface area contributed by atoms with Crippen LogP contribution in [-0.2, 0) is 16.7 Å². The van der Waals surface area contributed by atoms with Crippen molar-refractivity contribution in [1.82, 2.24) is 23.6 Å². The smallest absolute Gasteiger partial charge is 0.246 e. The van der Waals surface area contributed by atoms with E-state index in [-0.39, 0.29) is 4.90 Å². The molecule has 1 aromatic carbocycles. The zero-order chi connectivity index (χ0) is 19.2. The molecule has 1 aromatic heterocycles. The van der Waals surface area contributed by atoms with Gasteiger partial charge in [0.15, 0.2) is 4.77 Å². The van der Waals surface area contributed by atoms with Crippen molar-refractivity contribution < 1.29 is 12.8 Å². The molecule has 2 heterocycles. The summed E-state index contributed by atoms with van der Waals surface area (Å²) in [6.45, 7) is 4.21. The summed E-state index contributed by atoms with van der Waals surface area (Å²) in [6.07, 6.45) is 2.29. The third kappa shape index (κ3) is 3.58. The Morgan fingerprint density at radius 2 is 1.85 bits per heavy atom. The van der Waals surface area contributed by atoms with E-state index in [1.807, 2.05) is 11.6 Å². The molecule has 0 amide bonds. The van der Waals surface area contributed by atoms with Gasteiger partial charge in [-0.2, -0.15) is 9.40 Å². The summed E-state index contributed by atoms with van der Waals surface area (Å²) in [6, 6.07) is 5.98. The zero-order valence-electron chi connectivity index (χ0n) is 15.1. The standard InChI is InChI=1S/C17H22FN5O2S2/c1-13-19-22(17(26)23(13)14-6-7-14)12-20-8-10-21(11-9-20)27(24,25)16-5-3-2-4-15(16)18/h2-5,14H,6-12H2,1H3. The first-order chi connectivity index (χ1) is 12.9. The SMILES string of the molecule is Cc1nn(CN2CCN(S(=O)(=O)c3ccccc3F)CC2)c(=S)n1C1CC1. The maximum absolute atomic E-state index is 13.9. The second kappa shape index (κ2) is 7.08. The van der Waals surface area contributed by atoms with Gasteiger partial charge in [-0.05, 0) is 44.1 Å². The molecular weight excluding hydrogens is 389 g/mol. The highest BCUT2D eigenvalue weighted by molar-refractivity contribution is 7.89. The van der Waals surface area contributed by atoms with Crippen molar-refractivity contribution in [3.63, 3.8) is 0 Å². The Kier molecular flexibility index (Phi) is 4.91. The van der Waals surface area contributed by atoms with Gasteiger partial charge < -0.3 is 4.57 Å². The van der Waals surface area contributed by atoms with Crippen molar-refractivity contribution in [2.45, 2.75) is 37.4 Å². The molecule has 27 heavy (non-hydrogen) atoms. The Labute approximate surface area is 163 Å². The molecule has 146 valence electrons. The molecule has 0 N–H and O–H groups in total. The van der Waals surface area contributed by atoms with Crippen LogP contribution in [0, 0.1) is 17.5 Å². The maximum atomic E-state index is 13.9. The largest absolute Gasteiger partial charge is 0.301 e. The number of aromatic nitrogens is 3. The highest BCUT2D eigenvalue weighted by Crippen LogP contribution is 2.36. The number of piperazine rings is 1. The molecule has 10 heteroatoms. The second-order valence-corrected chi connectivity index (χ2v) is 9.30. The molecule has 2 fully saturated rings. The Balaban J connectivity index is 1.43. The van der Waals surface area contributed by atoms with Gasteiger partial charge in [0.1, 0.15) is 16.5 Å². The van der Waals surface area contributed by atoms with E-state index in [0.29, 0.717) is 38.9 Å². The molecule has 1 aliphatic heterocycles. The van der Waals surface area contributed by atoms with Crippen LogP contribution in [0.25, 0.3) is 0 Å². The maximum Gasteiger partial charge on any atom is 0.246 e. The van der Waals surface area contributed by atoms with Gasteiger partial charge in [-0.3, -0.25) is 4.90 Å². The summed E-state index contributed by atoms with van der Waals surface area (Å²) >= 11 is 5.55. The predicted octanol–water partition coefficient (Wildman–Crippen LogP) is 2.16. The van der Waals surface area contributed by atoms with Gasteiger partial charge in [0.25, 0.3) is 0 Å². The van der Waals surface area contributed by atoms with Crippen LogP contribution in [-0.4, -0.2) is 58.1 Å². The highest BCUT2D eigenvalue weighted by Gasteiger charge is 2.31. The van der Waals surface area contributed by atoms with E-state index in [4.69, 9.17) is 12.2 Å². The lowest BCUT2D eigenvalue weighted by Gasteiger charge is -2.33. The number of benzene rings is 1. The van der Waals surface area contributed by atoms with Crippen molar-refractivity contribution >= 4 is 22.2 Å². The van der Waals surface area contributed by atoms with Gasteiger partial charge in [-0.15, -0.1) is 0 Å². The normalized spacial score (nSPS) is 19.5. The molecule has 1 saturated carbocycles. The van der Waals surface area contributed by atoms with Gasteiger partial charge >= 0.3 is 0 Å². The minimum atomic E-state index is -3.82. The van der Waals surface area contributed by atoms with E-state index < -0.39 is 15.8 Å². The predicted molar refractivity (Wildman–Crippen MR) is 101 cm³/mol. The van der Waals surface area contributed by atoms with Crippen molar-refractivity contribution in [3.8, 4) is 0 Å². The van der Waals surface area contributed by atoms with Crippen LogP contribution >= 0.6 is 12.2 Å². The van der Waals surface area contributed by atoms with E-state index >= 15 is 0 Å². The van der Waals surface area contributed by atoms with Crippen molar-refractivity contribution in [2.24, 2.45) is 0 Å². The van der Waals surface area contributed by atoms with Crippen LogP contribution in [0.4, 0.5) is 4.39 Å². The molecule has 0 spiro atoms. The Hall–Kier alpha value is -1.62. The molecule has 2 aliphatic rings. The van der Waals surface area contributed by atoms with Gasteiger partial charge in [0, 0.05) is 32.2 Å². The summed E-state index contributed by atoms with van der Waals surface area (Å²) < 4.78 is 45.3. The fourth-order valence-electron chi connectivity index (χ4n) is 3.47. The average Bonchev–Trinajstić information content (AvgIpc) is 3.42. The molecule has 1 saturated heterocycles. The quantitative estimate of drug-likeness (QED) is 0.706. The van der Waals surface area contributed by atoms with Crippen molar-refractivity contribution in [1.29, 1.82) is 0 Å². The van der Waals surface area contributed by atoms with Crippen LogP contribution in [0.5, 0.6) is 0 Å². The van der Waals surface area contributed by atoms with E-state index in [1.54, 1.807) is 0 Å². The first-order valence-electron chi connectivity index (χ1n) is 9.01. The van der Waals surface area contributed by atoms with Crippen LogP contribution in [0.3, 0.4) is 0 Å². The topological polar surface area (TPSA) is 63.4 Å². The van der Waals surface area contributed by atoms with Crippen LogP contribution in [0.15, 0.2) is 29.2 Å². The van der Waals surface area contributed by atoms with Crippen molar-refractivity contribution in [3.05, 3.63) is 40.7 Å². The number of halogens is 1. The Morgan fingerprint density at radius 3 is 2.48 bits per heavy atom. The third-order valence-electron chi connectivity index (χ3n) is 5.07. The third-order valence-corrected chi connectivity index (χ3v) is 7.41. The first kappa shape index (κ1) is 18.7. The Bertz CT molecular complexity index is 1000. The lowest BCUT2D eigenvalue weighted by atomic mass is 10.3. The summed E-state index contributed by atoms with van der Waals surface area (Å²) in [5.74, 6) is 0.204. The van der Waals surface area contributed by atoms with Crippen LogP contribution < -0.4 is 0 Å². The van der Waals surface area contributed by atoms with Gasteiger partial charge in [0.2, 0.25) is 10.0 Å². The number of rotatable bonds is 5. The van der Waals surface area contributed by atoms with Crippen LogP contribution in [0.1, 0.15) is 24.7 Å². The van der Waals surface area contributed by atoms with Gasteiger partial charge in [0.05, 0.1) is 6.67 Å². The van der Waals surface area contributed by atoms with E-state index in [9.17, 15) is 12.8 Å². The minimum absolute atomic E-state index is 0.264. The van der Waals surface area contributed by atoms with Crippen molar-refractivity contribution in [2.75, 3.05) is 26.2 Å². The van der Waals surface area contributed by atoms with Gasteiger partial charge in [-0.25, -0.2) is 17.5 Å². The summed E-state index contributed by atoms with van der Waals surface area (Å²) in [5.41, 5.74) is 0. The van der Waals surface area contributed by atoms with E-state index in [1.165, 1.54) is 28.6 Å². The first-order valence-corrected chi connectivity index (χ1v) is 10.9. The van der Waals surface area contributed by atoms with E-state index in [2.05, 4.69) is 14.6 Å². The second-order valence-electron chi connectivity index (χ2n) is 7.02. The number of hydrogen-bond donors (Lipinski definition) is 0. The summed E-state index contributed by atoms with van der Waals surface area (Å²) in [5, 5.41) is 4.54. The lowest BCUT2D eigenvalue weighted by Crippen LogP contribution is -2.49. The molecular formula is C17H22FN5O2S2. The number of aryl methyl sites for hydroxylation is 1. The molecule has 0 radical (unpaired) electrons. The summed E-state index contributed by atoms with van der Waals surface area (Å²) in [7, 11) is -3.82. The minimum Gasteiger partial charge on any atom is -0.301 e. The Morgan fingerprint density at radius 1 is 1.19 bits per heavy atom. The molecule has 0 atom stereocenters. The van der Waals surface area contributed by atoms with E-state index in [0.717, 1.165) is 23.4 Å². The van der Waals surface area contributed by atoms with Gasteiger partial charge in [-0.1, -0.05) is 12.1 Å². The summed E-state index contributed by atoms with van der Waals surface area (Å²) in [4.78, 5) is 1.85. The number of nitrogens with zero attached hydrogens (tertiary/aromatic N) is 5. The molecule has 4 rings (SSSR count). The number of sulfonamides is 1. The molecule has 7 nitrogen and oxygen atoms in total.